The third kappa shape index (κ3) is 3.42. The number of amides is 1. The Kier molecular flexibility index (Phi) is 4.60. The van der Waals surface area contributed by atoms with E-state index in [-0.39, 0.29) is 5.91 Å². The molecule has 0 saturated carbocycles. The molecular formula is C23H23N5O. The van der Waals surface area contributed by atoms with Crippen LogP contribution in [0.25, 0.3) is 0 Å². The van der Waals surface area contributed by atoms with Gasteiger partial charge in [0.05, 0.1) is 0 Å². The summed E-state index contributed by atoms with van der Waals surface area (Å²) in [5.41, 5.74) is 4.15. The molecule has 146 valence electrons. The number of carbonyl (C=O) groups excluding carboxylic acids is 1. The first kappa shape index (κ1) is 17.7. The van der Waals surface area contributed by atoms with Crippen molar-refractivity contribution in [1.29, 1.82) is 0 Å². The number of carbonyl (C=O) groups is 1. The van der Waals surface area contributed by atoms with Gasteiger partial charge in [-0.25, -0.2) is 9.97 Å². The van der Waals surface area contributed by atoms with Crippen LogP contribution < -0.4 is 9.80 Å². The Labute approximate surface area is 170 Å². The fourth-order valence-electron chi connectivity index (χ4n) is 4.16. The van der Waals surface area contributed by atoms with Crippen LogP contribution in [0.1, 0.15) is 16.1 Å². The molecule has 2 aromatic carbocycles. The maximum absolute atomic E-state index is 13.1. The Morgan fingerprint density at radius 3 is 2.41 bits per heavy atom. The summed E-state index contributed by atoms with van der Waals surface area (Å²) in [6, 6.07) is 20.5. The number of rotatable bonds is 3. The number of benzene rings is 2. The van der Waals surface area contributed by atoms with E-state index in [1.165, 1.54) is 23.3 Å². The van der Waals surface area contributed by atoms with Gasteiger partial charge in [-0.05, 0) is 30.2 Å². The number of hydrogen-bond donors (Lipinski definition) is 0. The summed E-state index contributed by atoms with van der Waals surface area (Å²) < 4.78 is 0. The summed E-state index contributed by atoms with van der Waals surface area (Å²) in [5.74, 6) is 0.769. The second-order valence-corrected chi connectivity index (χ2v) is 7.41. The molecule has 0 atom stereocenters. The SMILES string of the molecule is O=C(c1cc(N2CCc3ccccc32)ncn1)N1CCN(c2ccccc2)CC1. The molecule has 1 amide bonds. The Bertz CT molecular complexity index is 1010. The first-order valence-electron chi connectivity index (χ1n) is 10.1. The number of anilines is 3. The van der Waals surface area contributed by atoms with Crippen LogP contribution in [0.5, 0.6) is 0 Å². The van der Waals surface area contributed by atoms with Crippen LogP contribution in [0, 0.1) is 0 Å². The minimum absolute atomic E-state index is 0.0196. The Morgan fingerprint density at radius 1 is 0.828 bits per heavy atom. The van der Waals surface area contributed by atoms with Crippen molar-refractivity contribution in [1.82, 2.24) is 14.9 Å². The minimum atomic E-state index is -0.0196. The van der Waals surface area contributed by atoms with Crippen LogP contribution in [-0.2, 0) is 6.42 Å². The van der Waals surface area contributed by atoms with Crippen LogP contribution in [0.3, 0.4) is 0 Å². The van der Waals surface area contributed by atoms with Crippen molar-refractivity contribution in [3.63, 3.8) is 0 Å². The van der Waals surface area contributed by atoms with Gasteiger partial charge in [0.1, 0.15) is 17.8 Å². The molecule has 0 unspecified atom stereocenters. The lowest BCUT2D eigenvalue weighted by atomic mass is 10.2. The molecule has 3 heterocycles. The maximum atomic E-state index is 13.1. The summed E-state index contributed by atoms with van der Waals surface area (Å²) in [6.45, 7) is 3.92. The molecule has 0 radical (unpaired) electrons. The number of nitrogens with zero attached hydrogens (tertiary/aromatic N) is 5. The number of hydrogen-bond acceptors (Lipinski definition) is 5. The summed E-state index contributed by atoms with van der Waals surface area (Å²) in [5, 5.41) is 0. The predicted octanol–water partition coefficient (Wildman–Crippen LogP) is 3.13. The van der Waals surface area contributed by atoms with Gasteiger partial charge in [0.15, 0.2) is 0 Å². The van der Waals surface area contributed by atoms with E-state index in [4.69, 9.17) is 0 Å². The second kappa shape index (κ2) is 7.54. The van der Waals surface area contributed by atoms with E-state index >= 15 is 0 Å². The van der Waals surface area contributed by atoms with Crippen LogP contribution in [0.15, 0.2) is 67.0 Å². The van der Waals surface area contributed by atoms with Gasteiger partial charge in [-0.2, -0.15) is 0 Å². The van der Waals surface area contributed by atoms with Crippen molar-refractivity contribution in [2.75, 3.05) is 42.5 Å². The fourth-order valence-corrected chi connectivity index (χ4v) is 4.16. The third-order valence-electron chi connectivity index (χ3n) is 5.72. The smallest absolute Gasteiger partial charge is 0.272 e. The first-order chi connectivity index (χ1) is 14.3. The van der Waals surface area contributed by atoms with Gasteiger partial charge in [0.2, 0.25) is 0 Å². The van der Waals surface area contributed by atoms with E-state index in [2.05, 4.69) is 50.1 Å². The van der Waals surface area contributed by atoms with Crippen LogP contribution in [-0.4, -0.2) is 53.5 Å². The van der Waals surface area contributed by atoms with E-state index in [1.807, 2.05) is 35.2 Å². The molecule has 0 aliphatic carbocycles. The van der Waals surface area contributed by atoms with Crippen LogP contribution in [0.4, 0.5) is 17.2 Å². The van der Waals surface area contributed by atoms with Gasteiger partial charge in [-0.1, -0.05) is 36.4 Å². The van der Waals surface area contributed by atoms with E-state index < -0.39 is 0 Å². The lowest BCUT2D eigenvalue weighted by Crippen LogP contribution is -2.49. The quantitative estimate of drug-likeness (QED) is 0.693. The monoisotopic (exact) mass is 385 g/mol. The van der Waals surface area contributed by atoms with Crippen molar-refractivity contribution >= 4 is 23.1 Å². The Morgan fingerprint density at radius 2 is 1.59 bits per heavy atom. The van der Waals surface area contributed by atoms with Gasteiger partial charge in [0.25, 0.3) is 5.91 Å². The maximum Gasteiger partial charge on any atom is 0.272 e. The molecule has 5 rings (SSSR count). The number of piperazine rings is 1. The molecule has 0 spiro atoms. The first-order valence-corrected chi connectivity index (χ1v) is 10.1. The summed E-state index contributed by atoms with van der Waals surface area (Å²) >= 11 is 0. The molecule has 0 N–H and O–H groups in total. The average molecular weight is 385 g/mol. The molecule has 6 nitrogen and oxygen atoms in total. The largest absolute Gasteiger partial charge is 0.368 e. The van der Waals surface area contributed by atoms with Crippen LogP contribution >= 0.6 is 0 Å². The van der Waals surface area contributed by atoms with Crippen molar-refractivity contribution in [2.24, 2.45) is 0 Å². The molecule has 1 saturated heterocycles. The summed E-state index contributed by atoms with van der Waals surface area (Å²) in [4.78, 5) is 28.1. The van der Waals surface area contributed by atoms with Gasteiger partial charge in [-0.15, -0.1) is 0 Å². The molecule has 1 aromatic heterocycles. The van der Waals surface area contributed by atoms with Crippen LogP contribution in [0.2, 0.25) is 0 Å². The topological polar surface area (TPSA) is 52.6 Å². The fraction of sp³-hybridized carbons (Fsp3) is 0.261. The van der Waals surface area contributed by atoms with Crippen molar-refractivity contribution < 1.29 is 4.79 Å². The summed E-state index contributed by atoms with van der Waals surface area (Å²) in [7, 11) is 0. The zero-order valence-electron chi connectivity index (χ0n) is 16.2. The predicted molar refractivity (Wildman–Crippen MR) is 114 cm³/mol. The minimum Gasteiger partial charge on any atom is -0.368 e. The van der Waals surface area contributed by atoms with E-state index in [0.717, 1.165) is 31.9 Å². The van der Waals surface area contributed by atoms with Crippen molar-refractivity contribution in [3.05, 3.63) is 78.2 Å². The molecule has 0 bridgehead atoms. The highest BCUT2D eigenvalue weighted by molar-refractivity contribution is 5.93. The Balaban J connectivity index is 1.30. The molecule has 2 aliphatic heterocycles. The zero-order valence-corrected chi connectivity index (χ0v) is 16.2. The van der Waals surface area contributed by atoms with Gasteiger partial charge in [0, 0.05) is 50.2 Å². The normalized spacial score (nSPS) is 16.1. The van der Waals surface area contributed by atoms with E-state index in [0.29, 0.717) is 18.8 Å². The highest BCUT2D eigenvalue weighted by atomic mass is 16.2. The van der Waals surface area contributed by atoms with E-state index in [1.54, 1.807) is 0 Å². The highest BCUT2D eigenvalue weighted by Gasteiger charge is 2.25. The van der Waals surface area contributed by atoms with E-state index in [9.17, 15) is 4.79 Å². The Hall–Kier alpha value is -3.41. The lowest BCUT2D eigenvalue weighted by Gasteiger charge is -2.36. The number of para-hydroxylation sites is 2. The molecule has 2 aliphatic rings. The molecule has 29 heavy (non-hydrogen) atoms. The zero-order chi connectivity index (χ0) is 19.6. The number of fused-ring (bicyclic) bond motifs is 1. The molecule has 1 fully saturated rings. The second-order valence-electron chi connectivity index (χ2n) is 7.41. The van der Waals surface area contributed by atoms with Gasteiger partial charge >= 0.3 is 0 Å². The van der Waals surface area contributed by atoms with Crippen molar-refractivity contribution in [3.8, 4) is 0 Å². The highest BCUT2D eigenvalue weighted by Crippen LogP contribution is 2.33. The standard InChI is InChI=1S/C23H23N5O/c29-23(27-14-12-26(13-15-27)19-7-2-1-3-8-19)20-16-22(25-17-24-20)28-11-10-18-6-4-5-9-21(18)28/h1-9,16-17H,10-15H2. The van der Waals surface area contributed by atoms with Gasteiger partial charge < -0.3 is 14.7 Å². The molecule has 6 heteroatoms. The molecular weight excluding hydrogens is 362 g/mol. The average Bonchev–Trinajstić information content (AvgIpc) is 3.24. The number of aromatic nitrogens is 2. The third-order valence-corrected chi connectivity index (χ3v) is 5.72. The molecule has 3 aromatic rings. The van der Waals surface area contributed by atoms with Crippen molar-refractivity contribution in [2.45, 2.75) is 6.42 Å². The van der Waals surface area contributed by atoms with Gasteiger partial charge in [-0.3, -0.25) is 4.79 Å². The summed E-state index contributed by atoms with van der Waals surface area (Å²) in [6.07, 6.45) is 2.49. The lowest BCUT2D eigenvalue weighted by molar-refractivity contribution is 0.0740.